The summed E-state index contributed by atoms with van der Waals surface area (Å²) in [7, 11) is 0. The molecule has 1 aromatic carbocycles. The van der Waals surface area contributed by atoms with Crippen LogP contribution in [0, 0.1) is 5.92 Å². The Balaban J connectivity index is 1.74. The Bertz CT molecular complexity index is 520. The second-order valence-corrected chi connectivity index (χ2v) is 6.67. The minimum absolute atomic E-state index is 0.292. The Morgan fingerprint density at radius 2 is 2.10 bits per heavy atom. The Labute approximate surface area is 127 Å². The minimum Gasteiger partial charge on any atom is -0.494 e. The van der Waals surface area contributed by atoms with E-state index in [0.29, 0.717) is 24.3 Å². The van der Waals surface area contributed by atoms with E-state index in [1.54, 1.807) is 0 Å². The fourth-order valence-electron chi connectivity index (χ4n) is 3.04. The van der Waals surface area contributed by atoms with Crippen LogP contribution in [-0.4, -0.2) is 18.6 Å². The summed E-state index contributed by atoms with van der Waals surface area (Å²) in [6, 6.07) is 6.66. The lowest BCUT2D eigenvalue weighted by molar-refractivity contribution is -0.119. The first kappa shape index (κ1) is 14.4. The predicted octanol–water partition coefficient (Wildman–Crippen LogP) is 3.94. The lowest BCUT2D eigenvalue weighted by atomic mass is 9.88. The van der Waals surface area contributed by atoms with E-state index in [-0.39, 0.29) is 0 Å². The van der Waals surface area contributed by atoms with Gasteiger partial charge in [0.05, 0.1) is 6.61 Å². The van der Waals surface area contributed by atoms with Crippen molar-refractivity contribution in [3.8, 4) is 5.75 Å². The van der Waals surface area contributed by atoms with Crippen molar-refractivity contribution in [3.05, 3.63) is 23.8 Å². The molecule has 114 valence electrons. The normalized spacial score (nSPS) is 18.6. The number of benzene rings is 1. The maximum Gasteiger partial charge on any atom is 0.227 e. The molecule has 0 radical (unpaired) electrons. The first-order valence-electron chi connectivity index (χ1n) is 8.23. The van der Waals surface area contributed by atoms with Crippen LogP contribution in [0.2, 0.25) is 0 Å². The second kappa shape index (κ2) is 6.08. The molecule has 3 heteroatoms. The highest BCUT2D eigenvalue weighted by Crippen LogP contribution is 2.37. The molecule has 1 saturated carbocycles. The molecule has 1 aromatic rings. The van der Waals surface area contributed by atoms with E-state index < -0.39 is 0 Å². The number of aryl methyl sites for hydroxylation is 1. The topological polar surface area (TPSA) is 29.5 Å². The van der Waals surface area contributed by atoms with Gasteiger partial charge in [0, 0.05) is 18.2 Å². The van der Waals surface area contributed by atoms with Crippen LogP contribution in [0.15, 0.2) is 18.2 Å². The van der Waals surface area contributed by atoms with Gasteiger partial charge in [0.1, 0.15) is 5.75 Å². The summed E-state index contributed by atoms with van der Waals surface area (Å²) >= 11 is 0. The second-order valence-electron chi connectivity index (χ2n) is 6.67. The SMILES string of the molecule is CC(C)CCOc1ccc2c(c1)CCC(=O)N2C1CCC1. The molecule has 1 amide bonds. The van der Waals surface area contributed by atoms with E-state index in [0.717, 1.165) is 43.7 Å². The molecule has 1 fully saturated rings. The Morgan fingerprint density at radius 3 is 2.76 bits per heavy atom. The Hall–Kier alpha value is -1.51. The summed E-state index contributed by atoms with van der Waals surface area (Å²) in [5.41, 5.74) is 2.38. The zero-order valence-corrected chi connectivity index (χ0v) is 13.1. The van der Waals surface area contributed by atoms with Crippen LogP contribution in [-0.2, 0) is 11.2 Å². The highest BCUT2D eigenvalue weighted by molar-refractivity contribution is 5.97. The van der Waals surface area contributed by atoms with Gasteiger partial charge in [-0.1, -0.05) is 13.8 Å². The van der Waals surface area contributed by atoms with Gasteiger partial charge in [-0.05, 0) is 61.8 Å². The van der Waals surface area contributed by atoms with Gasteiger partial charge in [-0.15, -0.1) is 0 Å². The minimum atomic E-state index is 0.292. The van der Waals surface area contributed by atoms with Gasteiger partial charge in [0.25, 0.3) is 0 Å². The smallest absolute Gasteiger partial charge is 0.227 e. The molecular weight excluding hydrogens is 262 g/mol. The predicted molar refractivity (Wildman–Crippen MR) is 84.8 cm³/mol. The van der Waals surface area contributed by atoms with Crippen LogP contribution in [0.3, 0.4) is 0 Å². The van der Waals surface area contributed by atoms with E-state index in [4.69, 9.17) is 4.74 Å². The Kier molecular flexibility index (Phi) is 4.18. The molecule has 0 atom stereocenters. The largest absolute Gasteiger partial charge is 0.494 e. The van der Waals surface area contributed by atoms with Gasteiger partial charge >= 0.3 is 0 Å². The van der Waals surface area contributed by atoms with E-state index >= 15 is 0 Å². The van der Waals surface area contributed by atoms with Crippen molar-refractivity contribution in [2.75, 3.05) is 11.5 Å². The van der Waals surface area contributed by atoms with Crippen molar-refractivity contribution >= 4 is 11.6 Å². The van der Waals surface area contributed by atoms with Crippen LogP contribution < -0.4 is 9.64 Å². The van der Waals surface area contributed by atoms with E-state index in [2.05, 4.69) is 26.0 Å². The Morgan fingerprint density at radius 1 is 1.29 bits per heavy atom. The molecular formula is C18H25NO2. The standard InChI is InChI=1S/C18H25NO2/c1-13(2)10-11-21-16-7-8-17-14(12-16)6-9-18(20)19(17)15-4-3-5-15/h7-8,12-13,15H,3-6,9-11H2,1-2H3. The summed E-state index contributed by atoms with van der Waals surface area (Å²) < 4.78 is 5.84. The summed E-state index contributed by atoms with van der Waals surface area (Å²) in [6.45, 7) is 5.18. The molecule has 0 spiro atoms. The van der Waals surface area contributed by atoms with Gasteiger partial charge in [0.2, 0.25) is 5.91 Å². The molecule has 21 heavy (non-hydrogen) atoms. The molecule has 0 aromatic heterocycles. The van der Waals surface area contributed by atoms with Crippen molar-refractivity contribution in [2.45, 2.75) is 58.4 Å². The molecule has 0 bridgehead atoms. The number of amides is 1. The van der Waals surface area contributed by atoms with Crippen molar-refractivity contribution in [3.63, 3.8) is 0 Å². The third kappa shape index (κ3) is 3.07. The lowest BCUT2D eigenvalue weighted by Gasteiger charge is -2.40. The van der Waals surface area contributed by atoms with Crippen LogP contribution >= 0.6 is 0 Å². The molecule has 0 unspecified atom stereocenters. The third-order valence-corrected chi connectivity index (χ3v) is 4.59. The van der Waals surface area contributed by atoms with Gasteiger partial charge in [0.15, 0.2) is 0 Å². The average molecular weight is 287 g/mol. The number of rotatable bonds is 5. The fraction of sp³-hybridized carbons (Fsp3) is 0.611. The van der Waals surface area contributed by atoms with Gasteiger partial charge < -0.3 is 9.64 Å². The number of carbonyl (C=O) groups excluding carboxylic acids is 1. The average Bonchev–Trinajstić information content (AvgIpc) is 2.39. The van der Waals surface area contributed by atoms with E-state index in [1.165, 1.54) is 12.0 Å². The molecule has 1 aliphatic carbocycles. The maximum atomic E-state index is 12.2. The number of carbonyl (C=O) groups is 1. The number of anilines is 1. The van der Waals surface area contributed by atoms with Crippen molar-refractivity contribution < 1.29 is 9.53 Å². The highest BCUT2D eigenvalue weighted by Gasteiger charge is 2.33. The first-order valence-corrected chi connectivity index (χ1v) is 8.23. The van der Waals surface area contributed by atoms with Gasteiger partial charge in [-0.3, -0.25) is 4.79 Å². The molecule has 2 aliphatic rings. The molecule has 0 saturated heterocycles. The van der Waals surface area contributed by atoms with E-state index in [9.17, 15) is 4.79 Å². The number of hydrogen-bond acceptors (Lipinski definition) is 2. The summed E-state index contributed by atoms with van der Waals surface area (Å²) in [4.78, 5) is 14.3. The van der Waals surface area contributed by atoms with Crippen LogP contribution in [0.25, 0.3) is 0 Å². The van der Waals surface area contributed by atoms with Gasteiger partial charge in [-0.2, -0.15) is 0 Å². The highest BCUT2D eigenvalue weighted by atomic mass is 16.5. The molecule has 1 heterocycles. The van der Waals surface area contributed by atoms with Crippen LogP contribution in [0.1, 0.15) is 51.5 Å². The fourth-order valence-corrected chi connectivity index (χ4v) is 3.04. The molecule has 3 rings (SSSR count). The molecule has 1 aliphatic heterocycles. The maximum absolute atomic E-state index is 12.2. The van der Waals surface area contributed by atoms with Crippen molar-refractivity contribution in [1.82, 2.24) is 0 Å². The summed E-state index contributed by atoms with van der Waals surface area (Å²) in [5, 5.41) is 0. The molecule has 0 N–H and O–H groups in total. The van der Waals surface area contributed by atoms with Crippen LogP contribution in [0.5, 0.6) is 5.75 Å². The lowest BCUT2D eigenvalue weighted by Crippen LogP contribution is -2.46. The zero-order chi connectivity index (χ0) is 14.8. The number of fused-ring (bicyclic) bond motifs is 1. The van der Waals surface area contributed by atoms with Crippen LogP contribution in [0.4, 0.5) is 5.69 Å². The zero-order valence-electron chi connectivity index (χ0n) is 13.1. The van der Waals surface area contributed by atoms with Crippen molar-refractivity contribution in [2.24, 2.45) is 5.92 Å². The van der Waals surface area contributed by atoms with E-state index in [1.807, 2.05) is 11.0 Å². The molecule has 3 nitrogen and oxygen atoms in total. The van der Waals surface area contributed by atoms with Gasteiger partial charge in [-0.25, -0.2) is 0 Å². The number of nitrogens with zero attached hydrogens (tertiary/aromatic N) is 1. The quantitative estimate of drug-likeness (QED) is 0.821. The monoisotopic (exact) mass is 287 g/mol. The number of ether oxygens (including phenoxy) is 1. The first-order chi connectivity index (χ1) is 10.1. The summed E-state index contributed by atoms with van der Waals surface area (Å²) in [5.74, 6) is 1.90. The van der Waals surface area contributed by atoms with Crippen molar-refractivity contribution in [1.29, 1.82) is 0 Å². The third-order valence-electron chi connectivity index (χ3n) is 4.59. The summed E-state index contributed by atoms with van der Waals surface area (Å²) in [6.07, 6.45) is 6.11. The number of hydrogen-bond donors (Lipinski definition) is 0.